The molecule has 0 radical (unpaired) electrons. The highest BCUT2D eigenvalue weighted by molar-refractivity contribution is 5.91. The second-order valence-electron chi connectivity index (χ2n) is 9.48. The molecule has 1 aromatic carbocycles. The van der Waals surface area contributed by atoms with E-state index >= 15 is 0 Å². The lowest BCUT2D eigenvalue weighted by Gasteiger charge is -2.28. The Balaban J connectivity index is 1.48. The first-order valence-corrected chi connectivity index (χ1v) is 12.0. The fourth-order valence-electron chi connectivity index (χ4n) is 4.56. The molecule has 2 aliphatic rings. The van der Waals surface area contributed by atoms with Crippen LogP contribution in [0.2, 0.25) is 0 Å². The Hall–Kier alpha value is -2.90. The van der Waals surface area contributed by atoms with E-state index in [4.69, 9.17) is 9.26 Å². The maximum atomic E-state index is 13.6. The normalized spacial score (nSPS) is 21.3. The van der Waals surface area contributed by atoms with Crippen molar-refractivity contribution in [1.29, 1.82) is 0 Å². The smallest absolute Gasteiger partial charge is 0.233 e. The first-order valence-electron chi connectivity index (χ1n) is 12.0. The van der Waals surface area contributed by atoms with Crippen LogP contribution in [-0.2, 0) is 15.0 Å². The minimum absolute atomic E-state index is 0.0313. The fraction of sp³-hybridized carbons (Fsp3) is 0.600. The molecule has 0 spiro atoms. The Morgan fingerprint density at radius 2 is 1.97 bits per heavy atom. The van der Waals surface area contributed by atoms with Crippen molar-refractivity contribution in [3.63, 3.8) is 0 Å². The molecule has 1 saturated carbocycles. The third-order valence-corrected chi connectivity index (χ3v) is 6.82. The maximum Gasteiger partial charge on any atom is 0.233 e. The number of ether oxygens (including phenoxy) is 1. The highest BCUT2D eigenvalue weighted by Gasteiger charge is 2.52. The third-order valence-electron chi connectivity index (χ3n) is 6.82. The molecular formula is C25H34N4O4. The van der Waals surface area contributed by atoms with Crippen molar-refractivity contribution in [3.8, 4) is 5.75 Å². The van der Waals surface area contributed by atoms with Crippen LogP contribution in [0.1, 0.15) is 81.5 Å². The minimum Gasteiger partial charge on any atom is -0.497 e. The number of nitrogens with zero attached hydrogens (tertiary/aromatic N) is 3. The number of nitrogens with one attached hydrogen (secondary N) is 1. The summed E-state index contributed by atoms with van der Waals surface area (Å²) in [6.07, 6.45) is 4.38. The van der Waals surface area contributed by atoms with Crippen LogP contribution in [-0.4, -0.2) is 53.6 Å². The fourth-order valence-corrected chi connectivity index (χ4v) is 4.56. The zero-order chi connectivity index (χ0) is 23.4. The number of benzene rings is 1. The molecule has 33 heavy (non-hydrogen) atoms. The summed E-state index contributed by atoms with van der Waals surface area (Å²) < 4.78 is 10.8. The molecule has 2 amide bonds. The van der Waals surface area contributed by atoms with Gasteiger partial charge in [0.1, 0.15) is 5.75 Å². The Kier molecular flexibility index (Phi) is 7.00. The Morgan fingerprint density at radius 1 is 1.21 bits per heavy atom. The van der Waals surface area contributed by atoms with Gasteiger partial charge in [0.15, 0.2) is 5.82 Å². The van der Waals surface area contributed by atoms with E-state index in [9.17, 15) is 9.59 Å². The van der Waals surface area contributed by atoms with Crippen molar-refractivity contribution >= 4 is 11.8 Å². The predicted molar refractivity (Wildman–Crippen MR) is 123 cm³/mol. The van der Waals surface area contributed by atoms with Crippen molar-refractivity contribution in [2.45, 2.75) is 69.6 Å². The molecule has 2 heterocycles. The largest absolute Gasteiger partial charge is 0.497 e. The number of amides is 2. The topological polar surface area (TPSA) is 97.6 Å². The predicted octanol–water partition coefficient (Wildman–Crippen LogP) is 3.54. The molecule has 0 bridgehead atoms. The van der Waals surface area contributed by atoms with Crippen LogP contribution in [0.3, 0.4) is 0 Å². The quantitative estimate of drug-likeness (QED) is 0.742. The van der Waals surface area contributed by atoms with Crippen LogP contribution in [0, 0.1) is 0 Å². The van der Waals surface area contributed by atoms with Gasteiger partial charge in [-0.15, -0.1) is 0 Å². The lowest BCUT2D eigenvalue weighted by molar-refractivity contribution is -0.134. The minimum atomic E-state index is -0.471. The number of aromatic nitrogens is 2. The van der Waals surface area contributed by atoms with Gasteiger partial charge in [0.25, 0.3) is 0 Å². The molecule has 1 unspecified atom stereocenters. The first-order chi connectivity index (χ1) is 15.9. The van der Waals surface area contributed by atoms with Crippen molar-refractivity contribution in [1.82, 2.24) is 20.4 Å². The van der Waals surface area contributed by atoms with Crippen molar-refractivity contribution in [3.05, 3.63) is 41.5 Å². The number of hydrogen-bond donors (Lipinski definition) is 1. The van der Waals surface area contributed by atoms with Gasteiger partial charge in [-0.05, 0) is 49.8 Å². The Bertz CT molecular complexity index is 965. The lowest BCUT2D eigenvalue weighted by Crippen LogP contribution is -2.41. The molecule has 1 aliphatic carbocycles. The number of hydrogen-bond acceptors (Lipinski definition) is 6. The van der Waals surface area contributed by atoms with Gasteiger partial charge in [0.05, 0.1) is 12.5 Å². The molecule has 1 aliphatic heterocycles. The van der Waals surface area contributed by atoms with E-state index in [1.165, 1.54) is 0 Å². The van der Waals surface area contributed by atoms with E-state index < -0.39 is 5.41 Å². The van der Waals surface area contributed by atoms with Gasteiger partial charge in [-0.25, -0.2) is 0 Å². The molecule has 1 aromatic heterocycles. The van der Waals surface area contributed by atoms with Gasteiger partial charge >= 0.3 is 0 Å². The van der Waals surface area contributed by atoms with Crippen molar-refractivity contribution in [2.24, 2.45) is 0 Å². The van der Waals surface area contributed by atoms with E-state index in [1.807, 2.05) is 43.0 Å². The zero-order valence-corrected chi connectivity index (χ0v) is 19.8. The number of carbonyl (C=O) groups excluding carboxylic acids is 2. The summed E-state index contributed by atoms with van der Waals surface area (Å²) in [5.74, 6) is 2.47. The van der Waals surface area contributed by atoms with Gasteiger partial charge in [-0.3, -0.25) is 9.59 Å². The summed E-state index contributed by atoms with van der Waals surface area (Å²) in [5, 5.41) is 7.09. The second kappa shape index (κ2) is 9.93. The molecular weight excluding hydrogens is 420 g/mol. The van der Waals surface area contributed by atoms with E-state index in [2.05, 4.69) is 15.5 Å². The SMILES string of the molecule is COc1ccc(C2(C(=O)N3CCCC(c4nc(C(C)C)no4)CCNC(=O)CC3)CC2)cc1. The number of carbonyl (C=O) groups is 2. The van der Waals surface area contributed by atoms with Crippen LogP contribution in [0.5, 0.6) is 5.75 Å². The van der Waals surface area contributed by atoms with Crippen LogP contribution >= 0.6 is 0 Å². The highest BCUT2D eigenvalue weighted by atomic mass is 16.5. The average molecular weight is 455 g/mol. The number of rotatable bonds is 5. The van der Waals surface area contributed by atoms with Crippen LogP contribution in [0.4, 0.5) is 0 Å². The Morgan fingerprint density at radius 3 is 2.61 bits per heavy atom. The van der Waals surface area contributed by atoms with Gasteiger partial charge in [0, 0.05) is 37.9 Å². The molecule has 1 saturated heterocycles. The summed E-state index contributed by atoms with van der Waals surface area (Å²) in [7, 11) is 1.64. The summed E-state index contributed by atoms with van der Waals surface area (Å²) in [6, 6.07) is 7.79. The van der Waals surface area contributed by atoms with Gasteiger partial charge in [-0.1, -0.05) is 31.1 Å². The summed E-state index contributed by atoms with van der Waals surface area (Å²) in [5.41, 5.74) is 0.554. The van der Waals surface area contributed by atoms with Crippen molar-refractivity contribution < 1.29 is 18.8 Å². The van der Waals surface area contributed by atoms with Gasteiger partial charge in [0.2, 0.25) is 17.7 Å². The van der Waals surface area contributed by atoms with Crippen LogP contribution < -0.4 is 10.1 Å². The summed E-state index contributed by atoms with van der Waals surface area (Å²) >= 11 is 0. The van der Waals surface area contributed by atoms with E-state index in [0.29, 0.717) is 37.8 Å². The lowest BCUT2D eigenvalue weighted by atomic mass is 9.93. The third kappa shape index (κ3) is 5.20. The molecule has 2 fully saturated rings. The molecule has 4 rings (SSSR count). The van der Waals surface area contributed by atoms with E-state index in [1.54, 1.807) is 7.11 Å². The van der Waals surface area contributed by atoms with Crippen LogP contribution in [0.15, 0.2) is 28.8 Å². The van der Waals surface area contributed by atoms with Crippen molar-refractivity contribution in [2.75, 3.05) is 26.7 Å². The number of methoxy groups -OCH3 is 1. The molecule has 1 atom stereocenters. The van der Waals surface area contributed by atoms with Gasteiger partial charge < -0.3 is 19.5 Å². The molecule has 178 valence electrons. The average Bonchev–Trinajstić information content (AvgIpc) is 3.49. The maximum absolute atomic E-state index is 13.6. The van der Waals surface area contributed by atoms with E-state index in [0.717, 1.165) is 43.4 Å². The zero-order valence-electron chi connectivity index (χ0n) is 19.8. The molecule has 8 nitrogen and oxygen atoms in total. The molecule has 2 aromatic rings. The highest BCUT2D eigenvalue weighted by Crippen LogP contribution is 2.50. The standard InChI is InChI=1S/C25H34N4O4/c1-17(2)22-27-23(33-28-22)18-5-4-15-29(16-11-21(30)26-14-10-18)24(31)25(12-13-25)19-6-8-20(32-3)9-7-19/h6-9,17-18H,4-5,10-16H2,1-3H3,(H,26,30). The monoisotopic (exact) mass is 454 g/mol. The summed E-state index contributed by atoms with van der Waals surface area (Å²) in [4.78, 5) is 32.5. The van der Waals surface area contributed by atoms with Gasteiger partial charge in [-0.2, -0.15) is 4.98 Å². The first kappa shape index (κ1) is 23.3. The van der Waals surface area contributed by atoms with Crippen LogP contribution in [0.25, 0.3) is 0 Å². The summed E-state index contributed by atoms with van der Waals surface area (Å²) in [6.45, 7) is 5.68. The molecule has 8 heteroatoms. The van der Waals surface area contributed by atoms with E-state index in [-0.39, 0.29) is 23.7 Å². The second-order valence-corrected chi connectivity index (χ2v) is 9.48. The molecule has 1 N–H and O–H groups in total. The Labute approximate surface area is 195 Å².